The van der Waals surface area contributed by atoms with Gasteiger partial charge in [0.1, 0.15) is 5.75 Å². The highest BCUT2D eigenvalue weighted by Gasteiger charge is 2.20. The number of sulfonamides is 1. The number of benzene rings is 1. The Bertz CT molecular complexity index is 471. The van der Waals surface area contributed by atoms with Crippen LogP contribution in [0.5, 0.6) is 5.75 Å². The van der Waals surface area contributed by atoms with Crippen molar-refractivity contribution in [1.82, 2.24) is 0 Å². The second-order valence-electron chi connectivity index (χ2n) is 4.23. The van der Waals surface area contributed by atoms with Crippen LogP contribution in [0.3, 0.4) is 0 Å². The van der Waals surface area contributed by atoms with E-state index in [-0.39, 0.29) is 5.75 Å². The fourth-order valence-electron chi connectivity index (χ4n) is 1.78. The number of ether oxygens (including phenoxy) is 1. The van der Waals surface area contributed by atoms with Gasteiger partial charge in [-0.2, -0.15) is 0 Å². The fraction of sp³-hybridized carbons (Fsp3) is 0.538. The molecule has 0 aromatic heterocycles. The smallest absolute Gasteiger partial charge is 0.235 e. The van der Waals surface area contributed by atoms with E-state index < -0.39 is 10.0 Å². The maximum absolute atomic E-state index is 12.2. The summed E-state index contributed by atoms with van der Waals surface area (Å²) in [6.45, 7) is 2.73. The van der Waals surface area contributed by atoms with Crippen LogP contribution >= 0.6 is 0 Å². The first-order chi connectivity index (χ1) is 9.05. The van der Waals surface area contributed by atoms with Crippen molar-refractivity contribution in [2.24, 2.45) is 5.73 Å². The molecule has 0 amide bonds. The number of methoxy groups -OCH3 is 1. The largest absolute Gasteiger partial charge is 0.497 e. The van der Waals surface area contributed by atoms with Gasteiger partial charge < -0.3 is 10.5 Å². The Kier molecular flexibility index (Phi) is 6.11. The standard InChI is InChI=1S/C13H22N2O3S/c1-3-11-19(16,17)15(10-4-9-14)12-5-7-13(18-2)8-6-12/h5-8H,3-4,9-11,14H2,1-2H3. The zero-order valence-electron chi connectivity index (χ0n) is 11.5. The molecule has 0 saturated heterocycles. The highest BCUT2D eigenvalue weighted by atomic mass is 32.2. The summed E-state index contributed by atoms with van der Waals surface area (Å²) in [6, 6.07) is 7.02. The number of rotatable bonds is 8. The van der Waals surface area contributed by atoms with E-state index in [4.69, 9.17) is 10.5 Å². The molecule has 0 aliphatic heterocycles. The summed E-state index contributed by atoms with van der Waals surface area (Å²) >= 11 is 0. The molecular weight excluding hydrogens is 264 g/mol. The summed E-state index contributed by atoms with van der Waals surface area (Å²) in [7, 11) is -1.70. The third-order valence-electron chi connectivity index (χ3n) is 2.72. The Labute approximate surface area is 115 Å². The summed E-state index contributed by atoms with van der Waals surface area (Å²) < 4.78 is 31.0. The van der Waals surface area contributed by atoms with E-state index in [2.05, 4.69) is 0 Å². The summed E-state index contributed by atoms with van der Waals surface area (Å²) in [5.41, 5.74) is 6.13. The van der Waals surface area contributed by atoms with Crippen molar-refractivity contribution in [3.63, 3.8) is 0 Å². The number of hydrogen-bond donors (Lipinski definition) is 1. The van der Waals surface area contributed by atoms with Crippen molar-refractivity contribution in [3.8, 4) is 5.75 Å². The molecule has 0 spiro atoms. The Morgan fingerprint density at radius 1 is 1.26 bits per heavy atom. The molecule has 0 fully saturated rings. The topological polar surface area (TPSA) is 72.6 Å². The first-order valence-corrected chi connectivity index (χ1v) is 8.00. The van der Waals surface area contributed by atoms with Crippen molar-refractivity contribution in [3.05, 3.63) is 24.3 Å². The van der Waals surface area contributed by atoms with E-state index in [9.17, 15) is 8.42 Å². The van der Waals surface area contributed by atoms with Gasteiger partial charge in [-0.15, -0.1) is 0 Å². The Morgan fingerprint density at radius 2 is 1.89 bits per heavy atom. The maximum atomic E-state index is 12.2. The van der Waals surface area contributed by atoms with Crippen LogP contribution in [-0.2, 0) is 10.0 Å². The molecule has 0 aliphatic carbocycles. The zero-order chi connectivity index (χ0) is 14.3. The van der Waals surface area contributed by atoms with Crippen LogP contribution in [-0.4, -0.2) is 34.4 Å². The molecule has 0 aliphatic rings. The van der Waals surface area contributed by atoms with Crippen molar-refractivity contribution >= 4 is 15.7 Å². The molecular formula is C13H22N2O3S. The Hall–Kier alpha value is -1.27. The lowest BCUT2D eigenvalue weighted by molar-refractivity contribution is 0.415. The summed E-state index contributed by atoms with van der Waals surface area (Å²) in [6.07, 6.45) is 1.23. The predicted molar refractivity (Wildman–Crippen MR) is 78.1 cm³/mol. The van der Waals surface area contributed by atoms with Crippen LogP contribution in [0.25, 0.3) is 0 Å². The van der Waals surface area contributed by atoms with Crippen LogP contribution in [0.2, 0.25) is 0 Å². The molecule has 1 rings (SSSR count). The van der Waals surface area contributed by atoms with Crippen LogP contribution in [0.4, 0.5) is 5.69 Å². The van der Waals surface area contributed by atoms with Gasteiger partial charge in [0.25, 0.3) is 0 Å². The van der Waals surface area contributed by atoms with Gasteiger partial charge in [0, 0.05) is 6.54 Å². The van der Waals surface area contributed by atoms with E-state index in [0.717, 1.165) is 0 Å². The highest BCUT2D eigenvalue weighted by molar-refractivity contribution is 7.92. The average molecular weight is 286 g/mol. The molecule has 6 heteroatoms. The second-order valence-corrected chi connectivity index (χ2v) is 6.24. The molecule has 5 nitrogen and oxygen atoms in total. The predicted octanol–water partition coefficient (Wildman–Crippen LogP) is 1.59. The monoisotopic (exact) mass is 286 g/mol. The van der Waals surface area contributed by atoms with Crippen molar-refractivity contribution < 1.29 is 13.2 Å². The normalized spacial score (nSPS) is 11.3. The number of anilines is 1. The van der Waals surface area contributed by atoms with Gasteiger partial charge >= 0.3 is 0 Å². The average Bonchev–Trinajstić information content (AvgIpc) is 2.39. The summed E-state index contributed by atoms with van der Waals surface area (Å²) in [5.74, 6) is 0.847. The lowest BCUT2D eigenvalue weighted by atomic mass is 10.3. The molecule has 0 heterocycles. The molecule has 0 bridgehead atoms. The van der Waals surface area contributed by atoms with Gasteiger partial charge in [-0.1, -0.05) is 6.92 Å². The Morgan fingerprint density at radius 3 is 2.37 bits per heavy atom. The SMILES string of the molecule is CCCS(=O)(=O)N(CCCN)c1ccc(OC)cc1. The van der Waals surface area contributed by atoms with Crippen LogP contribution < -0.4 is 14.8 Å². The van der Waals surface area contributed by atoms with E-state index in [1.54, 1.807) is 31.4 Å². The first kappa shape index (κ1) is 15.8. The van der Waals surface area contributed by atoms with E-state index in [1.165, 1.54) is 4.31 Å². The minimum atomic E-state index is -3.28. The van der Waals surface area contributed by atoms with E-state index >= 15 is 0 Å². The minimum Gasteiger partial charge on any atom is -0.497 e. The third-order valence-corrected chi connectivity index (χ3v) is 4.71. The van der Waals surface area contributed by atoms with Crippen molar-refractivity contribution in [2.45, 2.75) is 19.8 Å². The van der Waals surface area contributed by atoms with Gasteiger partial charge in [-0.25, -0.2) is 8.42 Å². The number of nitrogens with zero attached hydrogens (tertiary/aromatic N) is 1. The fourth-order valence-corrected chi connectivity index (χ4v) is 3.37. The van der Waals surface area contributed by atoms with Gasteiger partial charge in [-0.05, 0) is 43.7 Å². The first-order valence-electron chi connectivity index (χ1n) is 6.39. The molecule has 2 N–H and O–H groups in total. The highest BCUT2D eigenvalue weighted by Crippen LogP contribution is 2.22. The van der Waals surface area contributed by atoms with Gasteiger partial charge in [0.2, 0.25) is 10.0 Å². The summed E-state index contributed by atoms with van der Waals surface area (Å²) in [4.78, 5) is 0. The molecule has 0 saturated carbocycles. The van der Waals surface area contributed by atoms with E-state index in [0.29, 0.717) is 37.4 Å². The molecule has 108 valence electrons. The number of hydrogen-bond acceptors (Lipinski definition) is 4. The van der Waals surface area contributed by atoms with Crippen molar-refractivity contribution in [2.75, 3.05) is 30.3 Å². The second kappa shape index (κ2) is 7.35. The molecule has 1 aromatic rings. The van der Waals surface area contributed by atoms with Crippen molar-refractivity contribution in [1.29, 1.82) is 0 Å². The van der Waals surface area contributed by atoms with Crippen LogP contribution in [0.1, 0.15) is 19.8 Å². The van der Waals surface area contributed by atoms with Crippen LogP contribution in [0, 0.1) is 0 Å². The lowest BCUT2D eigenvalue weighted by Gasteiger charge is -2.24. The van der Waals surface area contributed by atoms with E-state index in [1.807, 2.05) is 6.92 Å². The molecule has 1 aromatic carbocycles. The van der Waals surface area contributed by atoms with Gasteiger partial charge in [0.05, 0.1) is 18.6 Å². The number of nitrogens with two attached hydrogens (primary N) is 1. The molecule has 0 atom stereocenters. The Balaban J connectivity index is 3.01. The third kappa shape index (κ3) is 4.40. The van der Waals surface area contributed by atoms with Gasteiger partial charge in [0.15, 0.2) is 0 Å². The molecule has 19 heavy (non-hydrogen) atoms. The van der Waals surface area contributed by atoms with Crippen LogP contribution in [0.15, 0.2) is 24.3 Å². The summed E-state index contributed by atoms with van der Waals surface area (Å²) in [5, 5.41) is 0. The quantitative estimate of drug-likeness (QED) is 0.787. The maximum Gasteiger partial charge on any atom is 0.235 e. The minimum absolute atomic E-state index is 0.142. The molecule has 0 radical (unpaired) electrons. The lowest BCUT2D eigenvalue weighted by Crippen LogP contribution is -2.34. The molecule has 0 unspecified atom stereocenters. The van der Waals surface area contributed by atoms with Gasteiger partial charge in [-0.3, -0.25) is 4.31 Å². The zero-order valence-corrected chi connectivity index (χ0v) is 12.3.